The highest BCUT2D eigenvalue weighted by atomic mass is 35.5. The zero-order chi connectivity index (χ0) is 12.8. The molecule has 94 valence electrons. The average molecular weight is 261 g/mol. The Kier molecular flexibility index (Phi) is 4.73. The Bertz CT molecular complexity index is 485. The smallest absolute Gasteiger partial charge is 0.0419 e. The van der Waals surface area contributed by atoms with Crippen molar-refractivity contribution in [1.82, 2.24) is 10.3 Å². The summed E-state index contributed by atoms with van der Waals surface area (Å²) in [5.74, 6) is 0. The van der Waals surface area contributed by atoms with Crippen LogP contribution in [0.2, 0.25) is 5.02 Å². The minimum Gasteiger partial charge on any atom is -0.316 e. The molecule has 0 spiro atoms. The van der Waals surface area contributed by atoms with Crippen molar-refractivity contribution < 1.29 is 0 Å². The van der Waals surface area contributed by atoms with Gasteiger partial charge in [0.2, 0.25) is 0 Å². The van der Waals surface area contributed by atoms with E-state index in [0.717, 1.165) is 23.6 Å². The summed E-state index contributed by atoms with van der Waals surface area (Å²) in [5, 5.41) is 4.13. The fourth-order valence-electron chi connectivity index (χ4n) is 2.00. The molecule has 0 aliphatic carbocycles. The molecule has 0 saturated carbocycles. The van der Waals surface area contributed by atoms with Gasteiger partial charge in [0.1, 0.15) is 0 Å². The van der Waals surface area contributed by atoms with Crippen LogP contribution in [0.15, 0.2) is 48.7 Å². The number of aromatic nitrogens is 1. The van der Waals surface area contributed by atoms with E-state index in [1.165, 1.54) is 5.56 Å². The molecule has 0 saturated heterocycles. The molecule has 0 amide bonds. The number of likely N-dealkylation sites (N-methyl/N-ethyl adjacent to an activating group) is 1. The second-order valence-electron chi connectivity index (χ2n) is 4.34. The van der Waals surface area contributed by atoms with Gasteiger partial charge in [-0.2, -0.15) is 0 Å². The summed E-state index contributed by atoms with van der Waals surface area (Å²) in [4.78, 5) is 4.36. The van der Waals surface area contributed by atoms with Gasteiger partial charge in [0.15, 0.2) is 0 Å². The molecule has 1 aromatic heterocycles. The molecular formula is C15H17ClN2. The van der Waals surface area contributed by atoms with Crippen LogP contribution in [-0.4, -0.2) is 18.1 Å². The predicted octanol–water partition coefficient (Wildman–Crippen LogP) is 3.11. The number of halogens is 1. The number of pyridine rings is 1. The molecular weight excluding hydrogens is 244 g/mol. The summed E-state index contributed by atoms with van der Waals surface area (Å²) < 4.78 is 0. The fraction of sp³-hybridized carbons (Fsp3) is 0.267. The molecule has 1 N–H and O–H groups in total. The molecule has 3 heteroatoms. The third-order valence-corrected chi connectivity index (χ3v) is 3.20. The topological polar surface area (TPSA) is 24.9 Å². The van der Waals surface area contributed by atoms with Crippen molar-refractivity contribution in [2.45, 2.75) is 18.9 Å². The lowest BCUT2D eigenvalue weighted by molar-refractivity contribution is 0.550. The largest absolute Gasteiger partial charge is 0.316 e. The van der Waals surface area contributed by atoms with Gasteiger partial charge in [-0.25, -0.2) is 0 Å². The Morgan fingerprint density at radius 2 is 2.06 bits per heavy atom. The summed E-state index contributed by atoms with van der Waals surface area (Å²) in [6.07, 6.45) is 3.71. The van der Waals surface area contributed by atoms with Gasteiger partial charge in [0, 0.05) is 29.4 Å². The minimum absolute atomic E-state index is 0.373. The Morgan fingerprint density at radius 1 is 1.17 bits per heavy atom. The van der Waals surface area contributed by atoms with Crippen LogP contribution >= 0.6 is 11.6 Å². The van der Waals surface area contributed by atoms with E-state index in [4.69, 9.17) is 11.6 Å². The van der Waals surface area contributed by atoms with Crippen molar-refractivity contribution in [3.05, 3.63) is 64.9 Å². The number of hydrogen-bond donors (Lipinski definition) is 1. The first-order valence-electron chi connectivity index (χ1n) is 6.09. The first-order chi connectivity index (χ1) is 8.78. The van der Waals surface area contributed by atoms with E-state index in [-0.39, 0.29) is 0 Å². The van der Waals surface area contributed by atoms with Crippen molar-refractivity contribution in [3.63, 3.8) is 0 Å². The number of benzene rings is 1. The molecule has 0 radical (unpaired) electrons. The highest BCUT2D eigenvalue weighted by Crippen LogP contribution is 2.13. The minimum atomic E-state index is 0.373. The van der Waals surface area contributed by atoms with E-state index < -0.39 is 0 Å². The molecule has 2 nitrogen and oxygen atoms in total. The van der Waals surface area contributed by atoms with E-state index in [1.807, 2.05) is 43.6 Å². The molecule has 0 aliphatic rings. The number of nitrogens with zero attached hydrogens (tertiary/aromatic N) is 1. The van der Waals surface area contributed by atoms with Gasteiger partial charge >= 0.3 is 0 Å². The number of nitrogens with one attached hydrogen (secondary N) is 1. The van der Waals surface area contributed by atoms with E-state index in [9.17, 15) is 0 Å². The van der Waals surface area contributed by atoms with E-state index in [0.29, 0.717) is 6.04 Å². The Morgan fingerprint density at radius 3 is 2.72 bits per heavy atom. The van der Waals surface area contributed by atoms with Crippen molar-refractivity contribution in [2.75, 3.05) is 7.05 Å². The zero-order valence-corrected chi connectivity index (χ0v) is 11.2. The van der Waals surface area contributed by atoms with Gasteiger partial charge in [-0.3, -0.25) is 4.98 Å². The maximum atomic E-state index is 6.00. The lowest BCUT2D eigenvalue weighted by atomic mass is 10.0. The van der Waals surface area contributed by atoms with Crippen LogP contribution < -0.4 is 5.32 Å². The summed E-state index contributed by atoms with van der Waals surface area (Å²) in [6, 6.07) is 14.4. The van der Waals surface area contributed by atoms with Crippen molar-refractivity contribution in [2.24, 2.45) is 0 Å². The van der Waals surface area contributed by atoms with Gasteiger partial charge in [-0.1, -0.05) is 29.8 Å². The van der Waals surface area contributed by atoms with Gasteiger partial charge in [-0.15, -0.1) is 0 Å². The van der Waals surface area contributed by atoms with Crippen LogP contribution in [0.5, 0.6) is 0 Å². The molecule has 1 aromatic carbocycles. The normalized spacial score (nSPS) is 12.3. The van der Waals surface area contributed by atoms with Crippen LogP contribution in [0.25, 0.3) is 0 Å². The first kappa shape index (κ1) is 13.1. The first-order valence-corrected chi connectivity index (χ1v) is 6.47. The summed E-state index contributed by atoms with van der Waals surface area (Å²) in [6.45, 7) is 0. The monoisotopic (exact) mass is 260 g/mol. The lowest BCUT2D eigenvalue weighted by Crippen LogP contribution is -2.30. The second-order valence-corrected chi connectivity index (χ2v) is 4.78. The maximum Gasteiger partial charge on any atom is 0.0419 e. The van der Waals surface area contributed by atoms with Crippen LogP contribution in [0.1, 0.15) is 11.3 Å². The lowest BCUT2D eigenvalue weighted by Gasteiger charge is -2.16. The van der Waals surface area contributed by atoms with Gasteiger partial charge in [0.25, 0.3) is 0 Å². The summed E-state index contributed by atoms with van der Waals surface area (Å²) in [5.41, 5.74) is 2.36. The van der Waals surface area contributed by atoms with Crippen LogP contribution in [0, 0.1) is 0 Å². The van der Waals surface area contributed by atoms with E-state index >= 15 is 0 Å². The molecule has 0 aliphatic heterocycles. The van der Waals surface area contributed by atoms with Crippen LogP contribution in [0.3, 0.4) is 0 Å². The Labute approximate surface area is 113 Å². The third-order valence-electron chi connectivity index (χ3n) is 2.96. The third kappa shape index (κ3) is 3.83. The standard InChI is InChI=1S/C15H17ClN2/c1-17-15(11-14-7-2-3-8-18-14)10-12-5-4-6-13(16)9-12/h2-9,15,17H,10-11H2,1H3. The molecule has 1 unspecified atom stereocenters. The summed E-state index contributed by atoms with van der Waals surface area (Å²) in [7, 11) is 1.98. The highest BCUT2D eigenvalue weighted by molar-refractivity contribution is 6.30. The fourth-order valence-corrected chi connectivity index (χ4v) is 2.21. The maximum absolute atomic E-state index is 6.00. The Hall–Kier alpha value is -1.38. The van der Waals surface area contributed by atoms with Crippen molar-refractivity contribution in [3.8, 4) is 0 Å². The molecule has 2 rings (SSSR count). The van der Waals surface area contributed by atoms with Gasteiger partial charge in [-0.05, 0) is 43.3 Å². The average Bonchev–Trinajstić information content (AvgIpc) is 2.39. The zero-order valence-electron chi connectivity index (χ0n) is 10.4. The van der Waals surface area contributed by atoms with E-state index in [2.05, 4.69) is 22.4 Å². The predicted molar refractivity (Wildman–Crippen MR) is 75.9 cm³/mol. The molecule has 0 bridgehead atoms. The highest BCUT2D eigenvalue weighted by Gasteiger charge is 2.09. The number of rotatable bonds is 5. The Balaban J connectivity index is 2.01. The molecule has 2 aromatic rings. The second kappa shape index (κ2) is 6.53. The van der Waals surface area contributed by atoms with Crippen molar-refractivity contribution >= 4 is 11.6 Å². The van der Waals surface area contributed by atoms with Crippen LogP contribution in [-0.2, 0) is 12.8 Å². The number of hydrogen-bond acceptors (Lipinski definition) is 2. The molecule has 1 heterocycles. The molecule has 1 atom stereocenters. The van der Waals surface area contributed by atoms with Crippen molar-refractivity contribution in [1.29, 1.82) is 0 Å². The summed E-state index contributed by atoms with van der Waals surface area (Å²) >= 11 is 6.00. The SMILES string of the molecule is CNC(Cc1cccc(Cl)c1)Cc1ccccn1. The van der Waals surface area contributed by atoms with Gasteiger partial charge in [0.05, 0.1) is 0 Å². The van der Waals surface area contributed by atoms with Gasteiger partial charge < -0.3 is 5.32 Å². The van der Waals surface area contributed by atoms with Crippen LogP contribution in [0.4, 0.5) is 0 Å². The molecule has 18 heavy (non-hydrogen) atoms. The molecule has 0 fully saturated rings. The van der Waals surface area contributed by atoms with E-state index in [1.54, 1.807) is 0 Å². The quantitative estimate of drug-likeness (QED) is 0.894.